The molecular weight excluding hydrogens is 731 g/mol. The molecule has 1 spiro atoms. The third-order valence-electron chi connectivity index (χ3n) is 12.9. The van der Waals surface area contributed by atoms with E-state index < -0.39 is 5.41 Å². The monoisotopic (exact) mass is 765 g/mol. The summed E-state index contributed by atoms with van der Waals surface area (Å²) in [6.45, 7) is 0. The molecule has 11 aromatic rings. The van der Waals surface area contributed by atoms with Gasteiger partial charge in [-0.15, -0.1) is 0 Å². The van der Waals surface area contributed by atoms with Crippen LogP contribution in [0.25, 0.3) is 65.7 Å². The van der Waals surface area contributed by atoms with Gasteiger partial charge >= 0.3 is 0 Å². The molecule has 2 aliphatic rings. The molecule has 2 heterocycles. The standard InChI is InChI=1S/C57H35NO2/c1-2-14-36(15-3-1)37-28-32-40(33-29-37)58(50-25-13-27-52-54(50)44-21-9-11-26-51(44)59-52)49-24-12-23-46-53(49)43-20-8-10-22-45(43)57(46)47-34-30-38-16-4-6-18-41(38)55(47)60-56-42-19-7-5-17-39(42)31-35-48(56)57/h1-35H. The van der Waals surface area contributed by atoms with E-state index in [1.807, 2.05) is 6.07 Å². The van der Waals surface area contributed by atoms with E-state index in [0.717, 1.165) is 83.2 Å². The summed E-state index contributed by atoms with van der Waals surface area (Å²) in [7, 11) is 0. The maximum absolute atomic E-state index is 7.24. The average Bonchev–Trinajstić information content (AvgIpc) is 3.84. The Morgan fingerprint density at radius 3 is 1.68 bits per heavy atom. The highest BCUT2D eigenvalue weighted by molar-refractivity contribution is 6.14. The fraction of sp³-hybridized carbons (Fsp3) is 0.0175. The number of hydrogen-bond acceptors (Lipinski definition) is 3. The Morgan fingerprint density at radius 1 is 0.367 bits per heavy atom. The maximum atomic E-state index is 7.24. The zero-order valence-corrected chi connectivity index (χ0v) is 32.5. The Kier molecular flexibility index (Phi) is 6.93. The zero-order valence-electron chi connectivity index (χ0n) is 32.5. The first kappa shape index (κ1) is 33.1. The highest BCUT2D eigenvalue weighted by atomic mass is 16.5. The van der Waals surface area contributed by atoms with Gasteiger partial charge in [-0.05, 0) is 75.0 Å². The van der Waals surface area contributed by atoms with Crippen molar-refractivity contribution < 1.29 is 9.15 Å². The van der Waals surface area contributed by atoms with Gasteiger partial charge in [0.15, 0.2) is 0 Å². The Balaban J connectivity index is 1.15. The zero-order chi connectivity index (χ0) is 39.4. The van der Waals surface area contributed by atoms with E-state index in [0.29, 0.717) is 0 Å². The number of anilines is 3. The van der Waals surface area contributed by atoms with Crippen molar-refractivity contribution in [3.05, 3.63) is 235 Å². The Hall–Kier alpha value is -7.88. The number of ether oxygens (including phenoxy) is 1. The van der Waals surface area contributed by atoms with Crippen molar-refractivity contribution in [2.75, 3.05) is 4.90 Å². The van der Waals surface area contributed by atoms with Crippen LogP contribution in [0.4, 0.5) is 17.1 Å². The molecule has 60 heavy (non-hydrogen) atoms. The molecule has 10 aromatic carbocycles. The summed E-state index contributed by atoms with van der Waals surface area (Å²) in [4.78, 5) is 2.45. The van der Waals surface area contributed by atoms with E-state index in [-0.39, 0.29) is 0 Å². The van der Waals surface area contributed by atoms with Crippen LogP contribution < -0.4 is 9.64 Å². The first-order chi connectivity index (χ1) is 29.8. The van der Waals surface area contributed by atoms with Gasteiger partial charge in [-0.3, -0.25) is 0 Å². The fourth-order valence-electron chi connectivity index (χ4n) is 10.4. The van der Waals surface area contributed by atoms with Crippen molar-refractivity contribution in [1.29, 1.82) is 0 Å². The number of furan rings is 1. The normalized spacial score (nSPS) is 13.3. The van der Waals surface area contributed by atoms with Crippen molar-refractivity contribution in [2.24, 2.45) is 0 Å². The van der Waals surface area contributed by atoms with Crippen LogP contribution in [-0.2, 0) is 5.41 Å². The van der Waals surface area contributed by atoms with Crippen LogP contribution in [0, 0.1) is 0 Å². The lowest BCUT2D eigenvalue weighted by atomic mass is 9.65. The van der Waals surface area contributed by atoms with Gasteiger partial charge in [-0.2, -0.15) is 0 Å². The largest absolute Gasteiger partial charge is 0.456 e. The van der Waals surface area contributed by atoms with Gasteiger partial charge in [0.1, 0.15) is 22.7 Å². The van der Waals surface area contributed by atoms with Crippen LogP contribution in [0.2, 0.25) is 0 Å². The second-order valence-electron chi connectivity index (χ2n) is 15.9. The topological polar surface area (TPSA) is 25.6 Å². The summed E-state index contributed by atoms with van der Waals surface area (Å²) in [5.74, 6) is 1.82. The van der Waals surface area contributed by atoms with Gasteiger partial charge < -0.3 is 14.1 Å². The SMILES string of the molecule is c1ccc(-c2ccc(N(c3cccc4c3-c3ccccc3C43c4ccc5ccccc5c4Oc4c3ccc3ccccc43)c3cccc4oc5ccccc5c34)cc2)cc1. The second kappa shape index (κ2) is 12.6. The molecule has 0 radical (unpaired) electrons. The Labute approximate surface area is 347 Å². The number of benzene rings is 10. The predicted molar refractivity (Wildman–Crippen MR) is 246 cm³/mol. The summed E-state index contributed by atoms with van der Waals surface area (Å²) in [6.07, 6.45) is 0. The molecular formula is C57H35NO2. The smallest absolute Gasteiger partial charge is 0.140 e. The van der Waals surface area contributed by atoms with Gasteiger partial charge in [-0.25, -0.2) is 0 Å². The molecule has 0 unspecified atom stereocenters. The molecule has 1 aliphatic carbocycles. The number of para-hydroxylation sites is 1. The van der Waals surface area contributed by atoms with Crippen molar-refractivity contribution in [1.82, 2.24) is 0 Å². The summed E-state index contributed by atoms with van der Waals surface area (Å²) in [5, 5.41) is 6.69. The molecule has 0 atom stereocenters. The Bertz CT molecular complexity index is 3440. The lowest BCUT2D eigenvalue weighted by Gasteiger charge is -2.40. The molecule has 0 saturated carbocycles. The third kappa shape index (κ3) is 4.49. The van der Waals surface area contributed by atoms with E-state index >= 15 is 0 Å². The van der Waals surface area contributed by atoms with Crippen LogP contribution in [0.1, 0.15) is 22.3 Å². The van der Waals surface area contributed by atoms with E-state index in [2.05, 4.69) is 211 Å². The predicted octanol–water partition coefficient (Wildman–Crippen LogP) is 15.5. The minimum absolute atomic E-state index is 0.671. The van der Waals surface area contributed by atoms with Crippen LogP contribution >= 0.6 is 0 Å². The van der Waals surface area contributed by atoms with E-state index in [1.165, 1.54) is 33.4 Å². The van der Waals surface area contributed by atoms with Crippen molar-refractivity contribution in [2.45, 2.75) is 5.41 Å². The van der Waals surface area contributed by atoms with Crippen LogP contribution in [0.15, 0.2) is 217 Å². The summed E-state index contributed by atoms with van der Waals surface area (Å²) in [6, 6.07) is 76.7. The number of nitrogens with zero attached hydrogens (tertiary/aromatic N) is 1. The summed E-state index contributed by atoms with van der Waals surface area (Å²) < 4.78 is 13.8. The molecule has 1 aliphatic heterocycles. The molecule has 3 heteroatoms. The minimum atomic E-state index is -0.671. The molecule has 0 amide bonds. The molecule has 13 rings (SSSR count). The van der Waals surface area contributed by atoms with E-state index in [1.54, 1.807) is 0 Å². The van der Waals surface area contributed by atoms with Crippen LogP contribution in [0.5, 0.6) is 11.5 Å². The van der Waals surface area contributed by atoms with Crippen LogP contribution in [0.3, 0.4) is 0 Å². The van der Waals surface area contributed by atoms with Gasteiger partial charge in [0.2, 0.25) is 0 Å². The van der Waals surface area contributed by atoms with Crippen molar-refractivity contribution >= 4 is 60.5 Å². The maximum Gasteiger partial charge on any atom is 0.140 e. The first-order valence-corrected chi connectivity index (χ1v) is 20.6. The second-order valence-corrected chi connectivity index (χ2v) is 15.9. The fourth-order valence-corrected chi connectivity index (χ4v) is 10.4. The van der Waals surface area contributed by atoms with Gasteiger partial charge in [0, 0.05) is 38.5 Å². The molecule has 3 nitrogen and oxygen atoms in total. The molecule has 0 bridgehead atoms. The van der Waals surface area contributed by atoms with Gasteiger partial charge in [-0.1, -0.05) is 176 Å². The Morgan fingerprint density at radius 2 is 0.933 bits per heavy atom. The number of hydrogen-bond donors (Lipinski definition) is 0. The van der Waals surface area contributed by atoms with E-state index in [4.69, 9.17) is 9.15 Å². The quantitative estimate of drug-likeness (QED) is 0.178. The lowest BCUT2D eigenvalue weighted by Crippen LogP contribution is -2.32. The summed E-state index contributed by atoms with van der Waals surface area (Å²) >= 11 is 0. The van der Waals surface area contributed by atoms with E-state index in [9.17, 15) is 0 Å². The number of rotatable bonds is 4. The average molecular weight is 766 g/mol. The highest BCUT2D eigenvalue weighted by Gasteiger charge is 2.52. The van der Waals surface area contributed by atoms with Crippen molar-refractivity contribution in [3.63, 3.8) is 0 Å². The minimum Gasteiger partial charge on any atom is -0.456 e. The summed E-state index contributed by atoms with van der Waals surface area (Å²) in [5.41, 5.74) is 13.8. The lowest BCUT2D eigenvalue weighted by molar-refractivity contribution is 0.447. The molecule has 0 N–H and O–H groups in total. The molecule has 1 aromatic heterocycles. The van der Waals surface area contributed by atoms with Crippen LogP contribution in [-0.4, -0.2) is 0 Å². The molecule has 0 fully saturated rings. The third-order valence-corrected chi connectivity index (χ3v) is 12.9. The number of fused-ring (bicyclic) bond motifs is 16. The van der Waals surface area contributed by atoms with Crippen molar-refractivity contribution in [3.8, 4) is 33.8 Å². The van der Waals surface area contributed by atoms with Gasteiger partial charge in [0.05, 0.1) is 22.2 Å². The highest BCUT2D eigenvalue weighted by Crippen LogP contribution is 2.65. The molecule has 0 saturated heterocycles. The molecule has 280 valence electrons. The first-order valence-electron chi connectivity index (χ1n) is 20.6. The van der Waals surface area contributed by atoms with Gasteiger partial charge in [0.25, 0.3) is 0 Å².